The van der Waals surface area contributed by atoms with Gasteiger partial charge < -0.3 is 4.74 Å². The lowest BCUT2D eigenvalue weighted by molar-refractivity contribution is -0.275. The molecule has 0 aliphatic heterocycles. The summed E-state index contributed by atoms with van der Waals surface area (Å²) in [4.78, 5) is 3.39. The minimum Gasteiger partial charge on any atom is -0.405 e. The zero-order chi connectivity index (χ0) is 13.9. The Balaban J connectivity index is 3.29. The number of alkyl halides is 5. The molecule has 9 heteroatoms. The van der Waals surface area contributed by atoms with Crippen molar-refractivity contribution in [1.82, 2.24) is 4.98 Å². The van der Waals surface area contributed by atoms with Crippen LogP contribution >= 0.6 is 11.6 Å². The zero-order valence-electron chi connectivity index (χ0n) is 8.43. The van der Waals surface area contributed by atoms with Crippen LogP contribution in [0, 0.1) is 11.3 Å². The van der Waals surface area contributed by atoms with Crippen LogP contribution in [-0.2, 0) is 6.42 Å². The van der Waals surface area contributed by atoms with Crippen LogP contribution in [0.15, 0.2) is 6.07 Å². The van der Waals surface area contributed by atoms with E-state index in [1.165, 1.54) is 0 Å². The van der Waals surface area contributed by atoms with Gasteiger partial charge in [0.05, 0.1) is 23.7 Å². The van der Waals surface area contributed by atoms with E-state index in [1.807, 2.05) is 0 Å². The number of ether oxygens (including phenoxy) is 1. The first-order valence-corrected chi connectivity index (χ1v) is 4.72. The molecule has 0 amide bonds. The lowest BCUT2D eigenvalue weighted by Gasteiger charge is -2.14. The van der Waals surface area contributed by atoms with E-state index in [2.05, 4.69) is 9.72 Å². The Morgan fingerprint density at radius 2 is 2.06 bits per heavy atom. The molecule has 0 bridgehead atoms. The first-order valence-electron chi connectivity index (χ1n) is 4.34. The quantitative estimate of drug-likeness (QED) is 0.629. The second kappa shape index (κ2) is 5.35. The molecule has 0 unspecified atom stereocenters. The van der Waals surface area contributed by atoms with E-state index in [0.29, 0.717) is 6.07 Å². The molecule has 3 nitrogen and oxygen atoms in total. The highest BCUT2D eigenvalue weighted by atomic mass is 35.5. The van der Waals surface area contributed by atoms with Crippen LogP contribution < -0.4 is 4.74 Å². The van der Waals surface area contributed by atoms with Gasteiger partial charge in [0.1, 0.15) is 10.9 Å². The Bertz CT molecular complexity index is 483. The third-order valence-electron chi connectivity index (χ3n) is 1.73. The molecule has 18 heavy (non-hydrogen) atoms. The van der Waals surface area contributed by atoms with Crippen LogP contribution in [-0.4, -0.2) is 11.3 Å². The predicted octanol–water partition coefficient (Wildman–Crippen LogP) is 3.64. The first kappa shape index (κ1) is 14.4. The molecule has 0 saturated heterocycles. The van der Waals surface area contributed by atoms with Crippen molar-refractivity contribution in [1.29, 1.82) is 5.26 Å². The smallest absolute Gasteiger partial charge is 0.405 e. The van der Waals surface area contributed by atoms with Gasteiger partial charge in [0.2, 0.25) is 0 Å². The van der Waals surface area contributed by atoms with Gasteiger partial charge in [-0.15, -0.1) is 13.2 Å². The zero-order valence-corrected chi connectivity index (χ0v) is 9.19. The van der Waals surface area contributed by atoms with E-state index in [0.717, 1.165) is 0 Å². The number of hydrogen-bond donors (Lipinski definition) is 0. The number of hydrogen-bond acceptors (Lipinski definition) is 3. The Morgan fingerprint density at radius 1 is 1.44 bits per heavy atom. The number of aromatic nitrogens is 1. The Kier molecular flexibility index (Phi) is 4.29. The number of nitriles is 1. The molecule has 0 atom stereocenters. The lowest BCUT2D eigenvalue weighted by Crippen LogP contribution is -2.19. The van der Waals surface area contributed by atoms with E-state index in [9.17, 15) is 22.0 Å². The van der Waals surface area contributed by atoms with Crippen molar-refractivity contribution < 1.29 is 26.7 Å². The van der Waals surface area contributed by atoms with E-state index in [1.54, 1.807) is 6.07 Å². The van der Waals surface area contributed by atoms with E-state index >= 15 is 0 Å². The number of rotatable bonds is 3. The molecular weight excluding hydrogens is 283 g/mol. The van der Waals surface area contributed by atoms with Crippen LogP contribution in [0.4, 0.5) is 22.0 Å². The average Bonchev–Trinajstić information content (AvgIpc) is 2.13. The molecule has 0 aromatic carbocycles. The maximum atomic E-state index is 12.5. The Labute approximate surface area is 103 Å². The van der Waals surface area contributed by atoms with Crippen molar-refractivity contribution in [3.63, 3.8) is 0 Å². The highest BCUT2D eigenvalue weighted by molar-refractivity contribution is 6.30. The SMILES string of the molecule is N#CCc1cc(OC(F)(F)F)c(C(F)F)c(Cl)n1. The van der Waals surface area contributed by atoms with E-state index in [-0.39, 0.29) is 12.1 Å². The van der Waals surface area contributed by atoms with Gasteiger partial charge in [-0.25, -0.2) is 13.8 Å². The number of halogens is 6. The molecule has 98 valence electrons. The minimum absolute atomic E-state index is 0.189. The Hall–Kier alpha value is -1.62. The summed E-state index contributed by atoms with van der Waals surface area (Å²) in [5.41, 5.74) is -1.35. The van der Waals surface area contributed by atoms with Gasteiger partial charge in [0.25, 0.3) is 6.43 Å². The monoisotopic (exact) mass is 286 g/mol. The summed E-state index contributed by atoms with van der Waals surface area (Å²) in [7, 11) is 0. The first-order chi connectivity index (χ1) is 8.24. The van der Waals surface area contributed by atoms with Gasteiger partial charge in [-0.1, -0.05) is 11.6 Å². The molecule has 0 spiro atoms. The molecule has 0 fully saturated rings. The van der Waals surface area contributed by atoms with Gasteiger partial charge in [-0.2, -0.15) is 5.26 Å². The van der Waals surface area contributed by atoms with Gasteiger partial charge in [-0.3, -0.25) is 0 Å². The van der Waals surface area contributed by atoms with Gasteiger partial charge >= 0.3 is 6.36 Å². The Morgan fingerprint density at radius 3 is 2.50 bits per heavy atom. The molecule has 1 heterocycles. The summed E-state index contributed by atoms with van der Waals surface area (Å²) in [6.07, 6.45) is -8.80. The molecule has 0 aliphatic carbocycles. The highest BCUT2D eigenvalue weighted by Crippen LogP contribution is 2.37. The van der Waals surface area contributed by atoms with Crippen LogP contribution in [0.3, 0.4) is 0 Å². The van der Waals surface area contributed by atoms with Crippen LogP contribution in [0.5, 0.6) is 5.75 Å². The van der Waals surface area contributed by atoms with Gasteiger partial charge in [0, 0.05) is 6.07 Å². The normalized spacial score (nSPS) is 11.4. The molecule has 1 rings (SSSR count). The third-order valence-corrected chi connectivity index (χ3v) is 2.02. The van der Waals surface area contributed by atoms with Crippen molar-refractivity contribution in [2.45, 2.75) is 19.2 Å². The van der Waals surface area contributed by atoms with Crippen molar-refractivity contribution in [3.8, 4) is 11.8 Å². The molecule has 0 saturated carbocycles. The van der Waals surface area contributed by atoms with Crippen molar-refractivity contribution in [3.05, 3.63) is 22.5 Å². The third kappa shape index (κ3) is 3.70. The fourth-order valence-electron chi connectivity index (χ4n) is 1.13. The van der Waals surface area contributed by atoms with Crippen molar-refractivity contribution >= 4 is 11.6 Å². The molecule has 1 aromatic rings. The number of nitrogens with zero attached hydrogens (tertiary/aromatic N) is 2. The summed E-state index contributed by atoms with van der Waals surface area (Å²) in [6.45, 7) is 0. The topological polar surface area (TPSA) is 45.9 Å². The molecule has 0 radical (unpaired) electrons. The van der Waals surface area contributed by atoms with Crippen LogP contribution in [0.1, 0.15) is 17.7 Å². The minimum atomic E-state index is -5.14. The van der Waals surface area contributed by atoms with Crippen molar-refractivity contribution in [2.75, 3.05) is 0 Å². The second-order valence-electron chi connectivity index (χ2n) is 3.00. The predicted molar refractivity (Wildman–Crippen MR) is 50.2 cm³/mol. The molecular formula is C9H4ClF5N2O. The number of pyridine rings is 1. The summed E-state index contributed by atoms with van der Waals surface area (Å²) in [5, 5.41) is 7.55. The summed E-state index contributed by atoms with van der Waals surface area (Å²) in [5.74, 6) is -1.15. The molecule has 0 aliphatic rings. The lowest BCUT2D eigenvalue weighted by atomic mass is 10.2. The summed E-state index contributed by atoms with van der Waals surface area (Å²) in [6, 6.07) is 2.22. The molecule has 0 N–H and O–H groups in total. The van der Waals surface area contributed by atoms with E-state index < -0.39 is 29.3 Å². The van der Waals surface area contributed by atoms with Crippen molar-refractivity contribution in [2.24, 2.45) is 0 Å². The molecule has 1 aromatic heterocycles. The van der Waals surface area contributed by atoms with E-state index in [4.69, 9.17) is 16.9 Å². The van der Waals surface area contributed by atoms with Crippen LogP contribution in [0.25, 0.3) is 0 Å². The largest absolute Gasteiger partial charge is 0.573 e. The summed E-state index contributed by atoms with van der Waals surface area (Å²) >= 11 is 5.35. The standard InChI is InChI=1S/C9H4ClF5N2O/c10-7-6(8(11)12)5(18-9(13,14)15)3-4(17-7)1-2-16/h3,8H,1H2. The highest BCUT2D eigenvalue weighted by Gasteiger charge is 2.34. The average molecular weight is 287 g/mol. The van der Waals surface area contributed by atoms with Crippen LogP contribution in [0.2, 0.25) is 5.15 Å². The van der Waals surface area contributed by atoms with Gasteiger partial charge in [0.15, 0.2) is 0 Å². The van der Waals surface area contributed by atoms with Gasteiger partial charge in [-0.05, 0) is 0 Å². The fourth-order valence-corrected chi connectivity index (χ4v) is 1.41. The second-order valence-corrected chi connectivity index (χ2v) is 3.36. The maximum absolute atomic E-state index is 12.5. The maximum Gasteiger partial charge on any atom is 0.573 e. The fraction of sp³-hybridized carbons (Fsp3) is 0.333. The summed E-state index contributed by atoms with van der Waals surface area (Å²) < 4.78 is 64.7.